The quantitative estimate of drug-likeness (QED) is 0.818. The number of aliphatic hydroxyl groups is 1. The molecule has 0 spiro atoms. The molecule has 0 bridgehead atoms. The smallest absolute Gasteiger partial charge is 0.151 e. The molecule has 1 N–H and O–H groups in total. The summed E-state index contributed by atoms with van der Waals surface area (Å²) >= 11 is 0. The van der Waals surface area contributed by atoms with Crippen LogP contribution in [0.4, 0.5) is 8.78 Å². The van der Waals surface area contributed by atoms with E-state index in [1.54, 1.807) is 6.07 Å². The third-order valence-corrected chi connectivity index (χ3v) is 2.02. The van der Waals surface area contributed by atoms with Crippen LogP contribution in [0, 0.1) is 11.6 Å². The van der Waals surface area contributed by atoms with Gasteiger partial charge in [-0.05, 0) is 18.2 Å². The molecular formula is C10H8F2N2O. The number of hydrogen-bond donors (Lipinski definition) is 1. The van der Waals surface area contributed by atoms with E-state index in [0.717, 1.165) is 12.1 Å². The van der Waals surface area contributed by atoms with Gasteiger partial charge in [-0.1, -0.05) is 0 Å². The first-order chi connectivity index (χ1) is 7.22. The van der Waals surface area contributed by atoms with Crippen LogP contribution in [0.2, 0.25) is 0 Å². The lowest BCUT2D eigenvalue weighted by atomic mass is 10.3. The van der Waals surface area contributed by atoms with Crippen molar-refractivity contribution in [2.45, 2.75) is 6.61 Å². The Bertz CT molecular complexity index is 482. The number of benzene rings is 1. The second-order valence-corrected chi connectivity index (χ2v) is 2.99. The predicted molar refractivity (Wildman–Crippen MR) is 49.4 cm³/mol. The highest BCUT2D eigenvalue weighted by atomic mass is 19.1. The minimum Gasteiger partial charge on any atom is -0.390 e. The maximum absolute atomic E-state index is 13.3. The second kappa shape index (κ2) is 3.78. The Morgan fingerprint density at radius 2 is 2.07 bits per heavy atom. The normalized spacial score (nSPS) is 10.6. The summed E-state index contributed by atoms with van der Waals surface area (Å²) < 4.78 is 27.2. The topological polar surface area (TPSA) is 38.1 Å². The van der Waals surface area contributed by atoms with E-state index in [2.05, 4.69) is 5.10 Å². The molecule has 2 rings (SSSR count). The minimum atomic E-state index is -0.714. The fourth-order valence-corrected chi connectivity index (χ4v) is 1.32. The highest BCUT2D eigenvalue weighted by Gasteiger charge is 2.09. The van der Waals surface area contributed by atoms with Crippen LogP contribution < -0.4 is 0 Å². The minimum absolute atomic E-state index is 0.116. The standard InChI is InChI=1S/C10H8F2N2O/c11-7-1-2-10(9(12)5-7)14-8(6-15)3-4-13-14/h1-5,15H,6H2. The van der Waals surface area contributed by atoms with Crippen molar-refractivity contribution < 1.29 is 13.9 Å². The SMILES string of the molecule is OCc1ccnn1-c1ccc(F)cc1F. The molecule has 1 aromatic carbocycles. The maximum Gasteiger partial charge on any atom is 0.151 e. The largest absolute Gasteiger partial charge is 0.390 e. The molecule has 3 nitrogen and oxygen atoms in total. The van der Waals surface area contributed by atoms with Gasteiger partial charge in [-0.25, -0.2) is 13.5 Å². The average molecular weight is 210 g/mol. The van der Waals surface area contributed by atoms with E-state index >= 15 is 0 Å². The monoisotopic (exact) mass is 210 g/mol. The van der Waals surface area contributed by atoms with Gasteiger partial charge < -0.3 is 5.11 Å². The van der Waals surface area contributed by atoms with E-state index in [0.29, 0.717) is 5.69 Å². The molecular weight excluding hydrogens is 202 g/mol. The summed E-state index contributed by atoms with van der Waals surface area (Å²) in [5.74, 6) is -1.36. The number of aliphatic hydroxyl groups excluding tert-OH is 1. The van der Waals surface area contributed by atoms with Crippen molar-refractivity contribution in [2.75, 3.05) is 0 Å². The van der Waals surface area contributed by atoms with Gasteiger partial charge in [-0.2, -0.15) is 5.10 Å². The lowest BCUT2D eigenvalue weighted by molar-refractivity contribution is 0.273. The van der Waals surface area contributed by atoms with Crippen molar-refractivity contribution >= 4 is 0 Å². The van der Waals surface area contributed by atoms with Gasteiger partial charge in [0, 0.05) is 12.3 Å². The van der Waals surface area contributed by atoms with Crippen molar-refractivity contribution in [2.24, 2.45) is 0 Å². The number of rotatable bonds is 2. The Morgan fingerprint density at radius 3 is 2.73 bits per heavy atom. The Kier molecular flexibility index (Phi) is 2.47. The molecule has 0 saturated heterocycles. The maximum atomic E-state index is 13.3. The molecule has 1 heterocycles. The van der Waals surface area contributed by atoms with Gasteiger partial charge >= 0.3 is 0 Å². The number of aromatic nitrogens is 2. The predicted octanol–water partition coefficient (Wildman–Crippen LogP) is 1.64. The molecule has 0 atom stereocenters. The van der Waals surface area contributed by atoms with Crippen LogP contribution in [0.15, 0.2) is 30.5 Å². The number of halogens is 2. The molecule has 0 unspecified atom stereocenters. The van der Waals surface area contributed by atoms with Crippen molar-refractivity contribution in [3.05, 3.63) is 47.8 Å². The molecule has 5 heteroatoms. The van der Waals surface area contributed by atoms with E-state index in [1.807, 2.05) is 0 Å². The Hall–Kier alpha value is -1.75. The van der Waals surface area contributed by atoms with E-state index in [9.17, 15) is 8.78 Å². The van der Waals surface area contributed by atoms with Crippen molar-refractivity contribution in [1.82, 2.24) is 9.78 Å². The molecule has 0 saturated carbocycles. The van der Waals surface area contributed by atoms with Gasteiger partial charge in [-0.3, -0.25) is 0 Å². The van der Waals surface area contributed by atoms with E-state index in [1.165, 1.54) is 16.9 Å². The fourth-order valence-electron chi connectivity index (χ4n) is 1.32. The van der Waals surface area contributed by atoms with Gasteiger partial charge in [0.15, 0.2) is 5.82 Å². The molecule has 0 aliphatic rings. The summed E-state index contributed by atoms with van der Waals surface area (Å²) in [6.45, 7) is -0.253. The summed E-state index contributed by atoms with van der Waals surface area (Å²) in [4.78, 5) is 0. The molecule has 0 aliphatic carbocycles. The summed E-state index contributed by atoms with van der Waals surface area (Å²) in [6, 6.07) is 4.75. The Labute approximate surface area is 84.6 Å². The Balaban J connectivity index is 2.54. The van der Waals surface area contributed by atoms with Crippen LogP contribution in [0.1, 0.15) is 5.69 Å². The zero-order chi connectivity index (χ0) is 10.8. The molecule has 78 valence electrons. The van der Waals surface area contributed by atoms with Gasteiger partial charge in [-0.15, -0.1) is 0 Å². The van der Waals surface area contributed by atoms with Crippen molar-refractivity contribution in [1.29, 1.82) is 0 Å². The third-order valence-electron chi connectivity index (χ3n) is 2.02. The lowest BCUT2D eigenvalue weighted by Gasteiger charge is -2.06. The van der Waals surface area contributed by atoms with Crippen molar-refractivity contribution in [3.8, 4) is 5.69 Å². The zero-order valence-corrected chi connectivity index (χ0v) is 7.69. The molecule has 15 heavy (non-hydrogen) atoms. The van der Waals surface area contributed by atoms with Gasteiger partial charge in [0.1, 0.15) is 11.5 Å². The average Bonchev–Trinajstić information content (AvgIpc) is 2.65. The molecule has 1 aromatic heterocycles. The summed E-state index contributed by atoms with van der Waals surface area (Å²) in [5.41, 5.74) is 0.561. The van der Waals surface area contributed by atoms with Crippen LogP contribution in [-0.2, 0) is 6.61 Å². The number of hydrogen-bond acceptors (Lipinski definition) is 2. The van der Waals surface area contributed by atoms with Crippen LogP contribution >= 0.6 is 0 Å². The Morgan fingerprint density at radius 1 is 1.27 bits per heavy atom. The van der Waals surface area contributed by atoms with Crippen LogP contribution in [-0.4, -0.2) is 14.9 Å². The van der Waals surface area contributed by atoms with E-state index < -0.39 is 11.6 Å². The zero-order valence-electron chi connectivity index (χ0n) is 7.69. The van der Waals surface area contributed by atoms with Gasteiger partial charge in [0.05, 0.1) is 12.3 Å². The highest BCUT2D eigenvalue weighted by molar-refractivity contribution is 5.34. The summed E-state index contributed by atoms with van der Waals surface area (Å²) in [6.07, 6.45) is 1.44. The van der Waals surface area contributed by atoms with E-state index in [-0.39, 0.29) is 12.3 Å². The van der Waals surface area contributed by atoms with Crippen LogP contribution in [0.5, 0.6) is 0 Å². The molecule has 2 aromatic rings. The lowest BCUT2D eigenvalue weighted by Crippen LogP contribution is -2.04. The highest BCUT2D eigenvalue weighted by Crippen LogP contribution is 2.15. The van der Waals surface area contributed by atoms with Gasteiger partial charge in [0.2, 0.25) is 0 Å². The van der Waals surface area contributed by atoms with Crippen LogP contribution in [0.25, 0.3) is 5.69 Å². The molecule has 0 radical (unpaired) electrons. The molecule has 0 amide bonds. The third kappa shape index (κ3) is 1.73. The van der Waals surface area contributed by atoms with Crippen molar-refractivity contribution in [3.63, 3.8) is 0 Å². The first-order valence-electron chi connectivity index (χ1n) is 4.31. The second-order valence-electron chi connectivity index (χ2n) is 2.99. The summed E-state index contributed by atoms with van der Waals surface area (Å²) in [7, 11) is 0. The molecule has 0 fully saturated rings. The summed E-state index contributed by atoms with van der Waals surface area (Å²) in [5, 5.41) is 12.8. The number of nitrogens with zero attached hydrogens (tertiary/aromatic N) is 2. The fraction of sp³-hybridized carbons (Fsp3) is 0.100. The molecule has 0 aliphatic heterocycles. The van der Waals surface area contributed by atoms with Crippen LogP contribution in [0.3, 0.4) is 0 Å². The van der Waals surface area contributed by atoms with Gasteiger partial charge in [0.25, 0.3) is 0 Å². The first-order valence-corrected chi connectivity index (χ1v) is 4.31. The first kappa shape index (κ1) is 9.79. The van der Waals surface area contributed by atoms with E-state index in [4.69, 9.17) is 5.11 Å².